The summed E-state index contributed by atoms with van der Waals surface area (Å²) in [7, 11) is 0. The van der Waals surface area contributed by atoms with Gasteiger partial charge in [-0.05, 0) is 17.8 Å². The van der Waals surface area contributed by atoms with Gasteiger partial charge in [0.05, 0.1) is 20.8 Å². The molecule has 0 spiro atoms. The minimum absolute atomic E-state index is 0.399. The summed E-state index contributed by atoms with van der Waals surface area (Å²) >= 11 is 4.63. The van der Waals surface area contributed by atoms with Crippen molar-refractivity contribution in [3.8, 4) is 0 Å². The van der Waals surface area contributed by atoms with Crippen LogP contribution in [0.4, 0.5) is 24.5 Å². The minimum atomic E-state index is -4.76. The maximum atomic E-state index is 12.1. The molecule has 0 aliphatic heterocycles. The van der Waals surface area contributed by atoms with E-state index >= 15 is 0 Å². The van der Waals surface area contributed by atoms with E-state index in [0.29, 0.717) is 12.1 Å². The largest absolute Gasteiger partial charge is 0.446 e. The summed E-state index contributed by atoms with van der Waals surface area (Å²) in [6, 6.07) is 0.951. The van der Waals surface area contributed by atoms with Crippen molar-refractivity contribution in [1.29, 1.82) is 0 Å². The monoisotopic (exact) mass is 302 g/mol. The molecule has 0 amide bonds. The fourth-order valence-corrected chi connectivity index (χ4v) is 1.98. The highest BCUT2D eigenvalue weighted by atomic mass is 35.5. The number of alkyl halides is 3. The maximum absolute atomic E-state index is 12.1. The summed E-state index contributed by atoms with van der Waals surface area (Å²) in [5.74, 6) is 0. The van der Waals surface area contributed by atoms with Crippen molar-refractivity contribution < 1.29 is 23.0 Å². The Bertz CT molecular complexity index is 522. The molecule has 0 fully saturated rings. The molecular weight excluding hydrogens is 301 g/mol. The topological polar surface area (TPSA) is 86.3 Å². The van der Waals surface area contributed by atoms with Gasteiger partial charge >= 0.3 is 5.51 Å². The predicted molar refractivity (Wildman–Crippen MR) is 56.7 cm³/mol. The van der Waals surface area contributed by atoms with Crippen LogP contribution in [-0.4, -0.2) is 15.4 Å². The fourth-order valence-electron chi connectivity index (χ4n) is 1.02. The third-order valence-corrected chi connectivity index (χ3v) is 2.73. The van der Waals surface area contributed by atoms with Gasteiger partial charge in [0.2, 0.25) is 0 Å². The van der Waals surface area contributed by atoms with Crippen LogP contribution in [0.15, 0.2) is 17.0 Å². The Morgan fingerprint density at radius 2 is 1.61 bits per heavy atom. The molecule has 0 saturated carbocycles. The van der Waals surface area contributed by atoms with E-state index in [1.807, 2.05) is 0 Å². The molecule has 0 atom stereocenters. The molecule has 1 aromatic carbocycles. The van der Waals surface area contributed by atoms with Crippen LogP contribution in [0.3, 0.4) is 0 Å². The zero-order valence-corrected chi connectivity index (χ0v) is 9.67. The van der Waals surface area contributed by atoms with E-state index in [4.69, 9.17) is 11.6 Å². The Hall–Kier alpha value is -1.55. The van der Waals surface area contributed by atoms with Gasteiger partial charge in [-0.25, -0.2) is 0 Å². The number of benzene rings is 1. The number of hydrogen-bond donors (Lipinski definition) is 0. The molecule has 0 saturated heterocycles. The van der Waals surface area contributed by atoms with E-state index in [0.717, 1.165) is 0 Å². The third-order valence-electron chi connectivity index (χ3n) is 1.65. The second-order valence-corrected chi connectivity index (χ2v) is 4.35. The average molecular weight is 303 g/mol. The summed E-state index contributed by atoms with van der Waals surface area (Å²) in [5.41, 5.74) is -6.60. The Balaban J connectivity index is 3.38. The highest BCUT2D eigenvalue weighted by molar-refractivity contribution is 8.00. The third kappa shape index (κ3) is 3.47. The molecule has 1 aromatic rings. The first kappa shape index (κ1) is 14.5. The Morgan fingerprint density at radius 1 is 1.11 bits per heavy atom. The van der Waals surface area contributed by atoms with E-state index in [-0.39, 0.29) is 0 Å². The molecule has 6 nitrogen and oxygen atoms in total. The van der Waals surface area contributed by atoms with Crippen LogP contribution in [0.1, 0.15) is 0 Å². The number of hydrogen-bond acceptors (Lipinski definition) is 5. The Kier molecular flexibility index (Phi) is 4.02. The smallest absolute Gasteiger partial charge is 0.258 e. The van der Waals surface area contributed by atoms with E-state index in [1.54, 1.807) is 0 Å². The number of thioether (sulfide) groups is 1. The van der Waals surface area contributed by atoms with E-state index in [2.05, 4.69) is 0 Å². The predicted octanol–water partition coefficient (Wildman–Crippen LogP) is 3.77. The number of nitro groups is 2. The van der Waals surface area contributed by atoms with Crippen LogP contribution in [0.25, 0.3) is 0 Å². The van der Waals surface area contributed by atoms with E-state index < -0.39 is 48.4 Å². The lowest BCUT2D eigenvalue weighted by Gasteiger charge is -2.06. The van der Waals surface area contributed by atoms with Crippen LogP contribution >= 0.6 is 23.4 Å². The van der Waals surface area contributed by atoms with Crippen molar-refractivity contribution in [1.82, 2.24) is 0 Å². The first-order valence-electron chi connectivity index (χ1n) is 4.00. The number of nitro benzene ring substituents is 2. The minimum Gasteiger partial charge on any atom is -0.258 e. The SMILES string of the molecule is O=[N+]([O-])c1cc([N+](=O)[O-])c(SC(F)(F)F)cc1Cl. The zero-order chi connectivity index (χ0) is 14.1. The highest BCUT2D eigenvalue weighted by Gasteiger charge is 2.35. The number of rotatable bonds is 3. The quantitative estimate of drug-likeness (QED) is 0.482. The maximum Gasteiger partial charge on any atom is 0.446 e. The van der Waals surface area contributed by atoms with Gasteiger partial charge in [-0.2, -0.15) is 13.2 Å². The van der Waals surface area contributed by atoms with Gasteiger partial charge in [-0.15, -0.1) is 0 Å². The first-order chi connectivity index (χ1) is 8.11. The molecule has 0 aliphatic rings. The Labute approximate surface area is 106 Å². The zero-order valence-electron chi connectivity index (χ0n) is 8.10. The lowest BCUT2D eigenvalue weighted by molar-refractivity contribution is -0.395. The van der Waals surface area contributed by atoms with Crippen molar-refractivity contribution in [2.75, 3.05) is 0 Å². The van der Waals surface area contributed by atoms with Gasteiger partial charge in [0.25, 0.3) is 11.4 Å². The summed E-state index contributed by atoms with van der Waals surface area (Å²) in [6.45, 7) is 0. The molecule has 0 N–H and O–H groups in total. The average Bonchev–Trinajstić information content (AvgIpc) is 2.13. The van der Waals surface area contributed by atoms with Gasteiger partial charge in [-0.3, -0.25) is 20.2 Å². The van der Waals surface area contributed by atoms with Gasteiger partial charge in [-0.1, -0.05) is 11.6 Å². The van der Waals surface area contributed by atoms with Crippen LogP contribution < -0.4 is 0 Å². The molecule has 18 heavy (non-hydrogen) atoms. The molecule has 0 unspecified atom stereocenters. The van der Waals surface area contributed by atoms with Gasteiger partial charge in [0, 0.05) is 0 Å². The Morgan fingerprint density at radius 3 is 2.00 bits per heavy atom. The summed E-state index contributed by atoms with van der Waals surface area (Å²) < 4.78 is 36.4. The second-order valence-electron chi connectivity index (χ2n) is 2.83. The molecule has 0 radical (unpaired) electrons. The summed E-state index contributed by atoms with van der Waals surface area (Å²) in [5, 5.41) is 20.4. The highest BCUT2D eigenvalue weighted by Crippen LogP contribution is 2.44. The van der Waals surface area contributed by atoms with Crippen LogP contribution in [0.2, 0.25) is 5.02 Å². The van der Waals surface area contributed by atoms with Gasteiger partial charge in [0.1, 0.15) is 5.02 Å². The van der Waals surface area contributed by atoms with Crippen LogP contribution in [0.5, 0.6) is 0 Å². The van der Waals surface area contributed by atoms with Crippen LogP contribution in [0, 0.1) is 20.2 Å². The van der Waals surface area contributed by atoms with Crippen molar-refractivity contribution in [3.63, 3.8) is 0 Å². The van der Waals surface area contributed by atoms with Crippen molar-refractivity contribution in [3.05, 3.63) is 37.4 Å². The number of nitrogens with zero attached hydrogens (tertiary/aromatic N) is 2. The second kappa shape index (κ2) is 4.98. The standard InChI is InChI=1S/C7H2ClF3N2O4S/c8-3-1-6(18-7(9,10)11)5(13(16)17)2-4(3)12(14)15/h1-2H. The lowest BCUT2D eigenvalue weighted by Crippen LogP contribution is -2.02. The summed E-state index contributed by atoms with van der Waals surface area (Å²) in [6.07, 6.45) is 0. The normalized spacial score (nSPS) is 11.3. The molecule has 11 heteroatoms. The molecule has 0 aliphatic carbocycles. The van der Waals surface area contributed by atoms with Crippen molar-refractivity contribution in [2.45, 2.75) is 10.4 Å². The summed E-state index contributed by atoms with van der Waals surface area (Å²) in [4.78, 5) is 18.1. The van der Waals surface area contributed by atoms with Gasteiger partial charge in [0.15, 0.2) is 0 Å². The van der Waals surface area contributed by atoms with Crippen molar-refractivity contribution >= 4 is 34.7 Å². The van der Waals surface area contributed by atoms with Crippen molar-refractivity contribution in [2.24, 2.45) is 0 Å². The molecule has 0 heterocycles. The lowest BCUT2D eigenvalue weighted by atomic mass is 10.3. The molecule has 0 bridgehead atoms. The first-order valence-corrected chi connectivity index (χ1v) is 5.19. The molecule has 0 aromatic heterocycles. The van der Waals surface area contributed by atoms with Gasteiger partial charge < -0.3 is 0 Å². The molecular formula is C7H2ClF3N2O4S. The van der Waals surface area contributed by atoms with E-state index in [9.17, 15) is 33.4 Å². The van der Waals surface area contributed by atoms with E-state index in [1.165, 1.54) is 0 Å². The molecule has 98 valence electrons. The fraction of sp³-hybridized carbons (Fsp3) is 0.143. The number of halogens is 4. The van der Waals surface area contributed by atoms with Crippen LogP contribution in [-0.2, 0) is 0 Å². The molecule has 1 rings (SSSR count).